The van der Waals surface area contributed by atoms with E-state index in [1.54, 1.807) is 14.2 Å². The lowest BCUT2D eigenvalue weighted by Gasteiger charge is -2.13. The molecule has 0 aliphatic heterocycles. The maximum Gasteiger partial charge on any atom is 0.161 e. The Balaban J connectivity index is 1.88. The zero-order valence-corrected chi connectivity index (χ0v) is 16.3. The molecule has 27 heavy (non-hydrogen) atoms. The molecule has 0 aromatic heterocycles. The van der Waals surface area contributed by atoms with Gasteiger partial charge in [-0.25, -0.2) is 0 Å². The fourth-order valence-corrected chi connectivity index (χ4v) is 2.71. The van der Waals surface area contributed by atoms with Crippen molar-refractivity contribution in [2.75, 3.05) is 40.6 Å². The minimum absolute atomic E-state index is 0.0228. The van der Waals surface area contributed by atoms with Crippen LogP contribution in [-0.2, 0) is 13.0 Å². The average molecular weight is 375 g/mol. The van der Waals surface area contributed by atoms with Crippen molar-refractivity contribution in [3.05, 3.63) is 47.5 Å². The van der Waals surface area contributed by atoms with E-state index in [2.05, 4.69) is 5.32 Å². The maximum absolute atomic E-state index is 8.91. The highest BCUT2D eigenvalue weighted by Gasteiger charge is 2.07. The highest BCUT2D eigenvalue weighted by atomic mass is 16.5. The van der Waals surface area contributed by atoms with Gasteiger partial charge in [0.25, 0.3) is 0 Å². The predicted molar refractivity (Wildman–Crippen MR) is 105 cm³/mol. The molecular formula is C21H29NO5. The Morgan fingerprint density at radius 2 is 1.56 bits per heavy atom. The van der Waals surface area contributed by atoms with Crippen molar-refractivity contribution < 1.29 is 24.1 Å². The van der Waals surface area contributed by atoms with Gasteiger partial charge >= 0.3 is 0 Å². The number of methoxy groups -OCH3 is 2. The summed E-state index contributed by atoms with van der Waals surface area (Å²) in [7, 11) is 3.28. The Morgan fingerprint density at radius 1 is 0.852 bits per heavy atom. The van der Waals surface area contributed by atoms with Crippen LogP contribution in [0.1, 0.15) is 18.1 Å². The second kappa shape index (κ2) is 11.3. The van der Waals surface area contributed by atoms with E-state index in [0.717, 1.165) is 36.6 Å². The van der Waals surface area contributed by atoms with Crippen LogP contribution in [-0.4, -0.2) is 45.7 Å². The number of rotatable bonds is 12. The molecule has 148 valence electrons. The number of hydrogen-bond acceptors (Lipinski definition) is 6. The molecule has 2 rings (SSSR count). The van der Waals surface area contributed by atoms with E-state index in [9.17, 15) is 0 Å². The van der Waals surface area contributed by atoms with Crippen LogP contribution in [0.4, 0.5) is 0 Å². The van der Waals surface area contributed by atoms with E-state index in [4.69, 9.17) is 24.1 Å². The fraction of sp³-hybridized carbons (Fsp3) is 0.429. The zero-order valence-electron chi connectivity index (χ0n) is 16.3. The molecule has 0 spiro atoms. The van der Waals surface area contributed by atoms with Crippen LogP contribution in [0.5, 0.6) is 23.0 Å². The summed E-state index contributed by atoms with van der Waals surface area (Å²) < 4.78 is 21.7. The second-order valence-electron chi connectivity index (χ2n) is 5.90. The summed E-state index contributed by atoms with van der Waals surface area (Å²) in [6.07, 6.45) is 0.885. The van der Waals surface area contributed by atoms with Crippen molar-refractivity contribution in [3.8, 4) is 23.0 Å². The molecular weight excluding hydrogens is 346 g/mol. The van der Waals surface area contributed by atoms with Gasteiger partial charge in [-0.3, -0.25) is 0 Å². The summed E-state index contributed by atoms with van der Waals surface area (Å²) in [6, 6.07) is 11.8. The minimum Gasteiger partial charge on any atom is -0.493 e. The first-order valence-electron chi connectivity index (χ1n) is 9.12. The van der Waals surface area contributed by atoms with E-state index >= 15 is 0 Å². The molecule has 0 amide bonds. The Kier molecular flexibility index (Phi) is 8.74. The fourth-order valence-electron chi connectivity index (χ4n) is 2.71. The lowest BCUT2D eigenvalue weighted by molar-refractivity contribution is 0.194. The number of nitrogens with one attached hydrogen (secondary N) is 1. The number of ether oxygens (including phenoxy) is 4. The molecule has 2 aromatic carbocycles. The van der Waals surface area contributed by atoms with Crippen LogP contribution in [0.3, 0.4) is 0 Å². The average Bonchev–Trinajstić information content (AvgIpc) is 2.70. The molecule has 0 bridgehead atoms. The van der Waals surface area contributed by atoms with Gasteiger partial charge in [0, 0.05) is 6.54 Å². The molecule has 0 unspecified atom stereocenters. The van der Waals surface area contributed by atoms with Crippen molar-refractivity contribution in [1.82, 2.24) is 5.32 Å². The molecule has 6 heteroatoms. The van der Waals surface area contributed by atoms with Crippen molar-refractivity contribution in [3.63, 3.8) is 0 Å². The van der Waals surface area contributed by atoms with Gasteiger partial charge in [0.2, 0.25) is 0 Å². The summed E-state index contributed by atoms with van der Waals surface area (Å²) in [6.45, 7) is 4.29. The Labute approximate surface area is 161 Å². The van der Waals surface area contributed by atoms with Gasteiger partial charge in [0.1, 0.15) is 6.61 Å². The second-order valence-corrected chi connectivity index (χ2v) is 5.90. The Bertz CT molecular complexity index is 705. The number of aliphatic hydroxyl groups is 1. The van der Waals surface area contributed by atoms with E-state index < -0.39 is 0 Å². The highest BCUT2D eigenvalue weighted by Crippen LogP contribution is 2.29. The molecule has 2 N–H and O–H groups in total. The number of hydrogen-bond donors (Lipinski definition) is 2. The van der Waals surface area contributed by atoms with Crippen LogP contribution >= 0.6 is 0 Å². The van der Waals surface area contributed by atoms with Gasteiger partial charge in [-0.2, -0.15) is 0 Å². The lowest BCUT2D eigenvalue weighted by Crippen LogP contribution is -2.17. The SMILES string of the molecule is CCOc1cc(CNCCc2ccc(OC)c(OC)c2)ccc1OCCO. The topological polar surface area (TPSA) is 69.2 Å². The van der Waals surface area contributed by atoms with E-state index in [1.807, 2.05) is 43.3 Å². The van der Waals surface area contributed by atoms with Crippen LogP contribution in [0.15, 0.2) is 36.4 Å². The first-order chi connectivity index (χ1) is 13.2. The van der Waals surface area contributed by atoms with Crippen LogP contribution < -0.4 is 24.3 Å². The standard InChI is InChI=1S/C21H29NO5/c1-4-26-21-14-17(6-8-19(21)27-12-11-23)15-22-10-9-16-5-7-18(24-2)20(13-16)25-3/h5-8,13-14,22-23H,4,9-12,15H2,1-3H3. The van der Waals surface area contributed by atoms with Crippen molar-refractivity contribution in [2.45, 2.75) is 19.9 Å². The van der Waals surface area contributed by atoms with Crippen molar-refractivity contribution in [2.24, 2.45) is 0 Å². The lowest BCUT2D eigenvalue weighted by atomic mass is 10.1. The van der Waals surface area contributed by atoms with Crippen LogP contribution in [0.25, 0.3) is 0 Å². The summed E-state index contributed by atoms with van der Waals surface area (Å²) >= 11 is 0. The van der Waals surface area contributed by atoms with Crippen LogP contribution in [0.2, 0.25) is 0 Å². The summed E-state index contributed by atoms with van der Waals surface area (Å²) in [5.41, 5.74) is 2.30. The van der Waals surface area contributed by atoms with Crippen molar-refractivity contribution in [1.29, 1.82) is 0 Å². The van der Waals surface area contributed by atoms with Gasteiger partial charge in [-0.15, -0.1) is 0 Å². The summed E-state index contributed by atoms with van der Waals surface area (Å²) in [5.74, 6) is 2.83. The summed E-state index contributed by atoms with van der Waals surface area (Å²) in [4.78, 5) is 0. The molecule has 0 aliphatic rings. The van der Waals surface area contributed by atoms with Gasteiger partial charge in [0.15, 0.2) is 23.0 Å². The Hall–Kier alpha value is -2.44. The third kappa shape index (κ3) is 6.34. The first-order valence-corrected chi connectivity index (χ1v) is 9.12. The zero-order chi connectivity index (χ0) is 19.5. The minimum atomic E-state index is -0.0228. The number of aliphatic hydroxyl groups excluding tert-OH is 1. The monoisotopic (exact) mass is 375 g/mol. The highest BCUT2D eigenvalue weighted by molar-refractivity contribution is 5.44. The van der Waals surface area contributed by atoms with Gasteiger partial charge in [-0.05, 0) is 55.3 Å². The third-order valence-electron chi connectivity index (χ3n) is 4.02. The molecule has 0 saturated heterocycles. The molecule has 2 aromatic rings. The molecule has 0 aliphatic carbocycles. The maximum atomic E-state index is 8.91. The smallest absolute Gasteiger partial charge is 0.161 e. The van der Waals surface area contributed by atoms with E-state index in [-0.39, 0.29) is 13.2 Å². The molecule has 0 atom stereocenters. The predicted octanol–water partition coefficient (Wildman–Crippen LogP) is 2.81. The molecule has 0 heterocycles. The third-order valence-corrected chi connectivity index (χ3v) is 4.02. The molecule has 0 saturated carbocycles. The largest absolute Gasteiger partial charge is 0.493 e. The van der Waals surface area contributed by atoms with E-state index in [1.165, 1.54) is 5.56 Å². The molecule has 0 fully saturated rings. The summed E-state index contributed by atoms with van der Waals surface area (Å²) in [5, 5.41) is 12.4. The quantitative estimate of drug-likeness (QED) is 0.556. The molecule has 6 nitrogen and oxygen atoms in total. The first kappa shape index (κ1) is 20.9. The Morgan fingerprint density at radius 3 is 2.26 bits per heavy atom. The number of benzene rings is 2. The van der Waals surface area contributed by atoms with Gasteiger partial charge in [-0.1, -0.05) is 12.1 Å². The van der Waals surface area contributed by atoms with Crippen LogP contribution in [0, 0.1) is 0 Å². The normalized spacial score (nSPS) is 10.5. The van der Waals surface area contributed by atoms with Gasteiger partial charge in [0.05, 0.1) is 27.4 Å². The van der Waals surface area contributed by atoms with Gasteiger partial charge < -0.3 is 29.4 Å². The van der Waals surface area contributed by atoms with E-state index in [0.29, 0.717) is 18.1 Å². The van der Waals surface area contributed by atoms with Crippen molar-refractivity contribution >= 4 is 0 Å². The molecule has 0 radical (unpaired) electrons.